The molecular weight excluding hydrogens is 472 g/mol. The van der Waals surface area contributed by atoms with Gasteiger partial charge in [-0.25, -0.2) is 4.98 Å². The summed E-state index contributed by atoms with van der Waals surface area (Å²) in [5, 5.41) is 25.5. The zero-order chi connectivity index (χ0) is 23.9. The third-order valence-corrected chi connectivity index (χ3v) is 8.40. The van der Waals surface area contributed by atoms with Crippen LogP contribution in [0, 0.1) is 0 Å². The Morgan fingerprint density at radius 2 is 1.55 bits per heavy atom. The highest BCUT2D eigenvalue weighted by Crippen LogP contribution is 2.42. The molecule has 3 N–H and O–H groups in total. The minimum Gasteiger partial charge on any atom is -0.507 e. The lowest BCUT2D eigenvalue weighted by atomic mass is 10.1. The van der Waals surface area contributed by atoms with E-state index in [1.54, 1.807) is 23.9 Å². The third kappa shape index (κ3) is 11.1. The first-order chi connectivity index (χ1) is 16.0. The number of nitrogens with zero attached hydrogens (tertiary/aromatic N) is 1. The summed E-state index contributed by atoms with van der Waals surface area (Å²) < 4.78 is 0.731. The number of benzene rings is 1. The van der Waals surface area contributed by atoms with Crippen LogP contribution in [0.25, 0.3) is 0 Å². The zero-order valence-corrected chi connectivity index (χ0v) is 22.3. The highest BCUT2D eigenvalue weighted by molar-refractivity contribution is 8.01. The molecule has 0 aliphatic carbocycles. The third-order valence-electron chi connectivity index (χ3n) is 5.24. The van der Waals surface area contributed by atoms with Crippen LogP contribution >= 0.6 is 34.9 Å². The Balaban J connectivity index is 1.71. The lowest BCUT2D eigenvalue weighted by molar-refractivity contribution is -0.120. The van der Waals surface area contributed by atoms with E-state index in [4.69, 9.17) is 0 Å². The van der Waals surface area contributed by atoms with Crippen LogP contribution in [0.5, 0.6) is 11.5 Å². The molecule has 0 bridgehead atoms. The molecular formula is C25H38N2O3S3. The fourth-order valence-corrected chi connectivity index (χ4v) is 6.25. The van der Waals surface area contributed by atoms with Crippen molar-refractivity contribution in [2.45, 2.75) is 98.6 Å². The molecule has 2 aromatic rings. The van der Waals surface area contributed by atoms with E-state index in [2.05, 4.69) is 17.2 Å². The van der Waals surface area contributed by atoms with Gasteiger partial charge in [-0.3, -0.25) is 4.79 Å². The van der Waals surface area contributed by atoms with Crippen molar-refractivity contribution in [2.75, 3.05) is 12.3 Å². The van der Waals surface area contributed by atoms with Crippen molar-refractivity contribution in [3.8, 4) is 11.5 Å². The number of rotatable bonds is 17. The van der Waals surface area contributed by atoms with Gasteiger partial charge < -0.3 is 15.5 Å². The largest absolute Gasteiger partial charge is 0.507 e. The molecule has 0 radical (unpaired) electrons. The Morgan fingerprint density at radius 1 is 0.939 bits per heavy atom. The van der Waals surface area contributed by atoms with E-state index in [0.29, 0.717) is 22.0 Å². The summed E-state index contributed by atoms with van der Waals surface area (Å²) in [6.45, 7) is 4.73. The predicted molar refractivity (Wildman–Crippen MR) is 141 cm³/mol. The summed E-state index contributed by atoms with van der Waals surface area (Å²) >= 11 is 4.32. The van der Waals surface area contributed by atoms with Crippen molar-refractivity contribution in [1.82, 2.24) is 10.3 Å². The van der Waals surface area contributed by atoms with Gasteiger partial charge in [0.15, 0.2) is 4.34 Å². The van der Waals surface area contributed by atoms with Crippen molar-refractivity contribution in [3.05, 3.63) is 23.2 Å². The smallest absolute Gasteiger partial charge is 0.226 e. The molecule has 0 spiro atoms. The maximum absolute atomic E-state index is 11.7. The number of phenolic OH excluding ortho intramolecular Hbond substituents is 2. The van der Waals surface area contributed by atoms with Crippen LogP contribution in [0.15, 0.2) is 31.6 Å². The Labute approximate surface area is 211 Å². The van der Waals surface area contributed by atoms with Gasteiger partial charge in [-0.05, 0) is 31.2 Å². The average molecular weight is 511 g/mol. The van der Waals surface area contributed by atoms with Crippen LogP contribution in [-0.2, 0) is 11.2 Å². The Morgan fingerprint density at radius 3 is 2.21 bits per heavy atom. The van der Waals surface area contributed by atoms with Crippen LogP contribution in [0.2, 0.25) is 0 Å². The van der Waals surface area contributed by atoms with Gasteiger partial charge >= 0.3 is 0 Å². The molecule has 1 aromatic heterocycles. The fraction of sp³-hybridized carbons (Fsp3) is 0.600. The summed E-state index contributed by atoms with van der Waals surface area (Å²) in [7, 11) is 0. The normalized spacial score (nSPS) is 11.1. The first-order valence-corrected chi connectivity index (χ1v) is 14.8. The van der Waals surface area contributed by atoms with E-state index in [9.17, 15) is 15.0 Å². The molecule has 0 aliphatic heterocycles. The molecule has 33 heavy (non-hydrogen) atoms. The first kappa shape index (κ1) is 27.9. The molecule has 5 nitrogen and oxygen atoms in total. The molecule has 0 saturated heterocycles. The maximum Gasteiger partial charge on any atom is 0.226 e. The molecule has 8 heteroatoms. The first-order valence-electron chi connectivity index (χ1n) is 12.1. The molecule has 1 heterocycles. The number of carbonyl (C=O) groups excluding carboxylic acids is 1. The number of aromatic hydroxyl groups is 2. The number of hydrogen-bond donors (Lipinski definition) is 3. The van der Waals surface area contributed by atoms with Gasteiger partial charge in [0.05, 0.1) is 21.9 Å². The highest BCUT2D eigenvalue weighted by Gasteiger charge is 2.14. The van der Waals surface area contributed by atoms with E-state index in [1.807, 2.05) is 12.3 Å². The monoisotopic (exact) mass is 510 g/mol. The van der Waals surface area contributed by atoms with Crippen LogP contribution in [0.1, 0.15) is 83.7 Å². The number of carbonyl (C=O) groups is 1. The van der Waals surface area contributed by atoms with E-state index >= 15 is 0 Å². The molecule has 2 rings (SSSR count). The fourth-order valence-electron chi connectivity index (χ4n) is 3.44. The quantitative estimate of drug-likeness (QED) is 0.117. The van der Waals surface area contributed by atoms with Crippen molar-refractivity contribution < 1.29 is 15.0 Å². The Hall–Kier alpha value is -1.38. The van der Waals surface area contributed by atoms with Crippen molar-refractivity contribution in [3.63, 3.8) is 0 Å². The SMILES string of the molecule is CCCCCCCCCCCCSc1cc(O)c(Sc2nc(CC(=O)NCC)cs2)cc1O. The van der Waals surface area contributed by atoms with Crippen LogP contribution in [0.3, 0.4) is 0 Å². The predicted octanol–water partition coefficient (Wildman–Crippen LogP) is 7.40. The molecule has 0 fully saturated rings. The van der Waals surface area contributed by atoms with E-state index in [-0.39, 0.29) is 23.8 Å². The molecule has 1 aromatic carbocycles. The second-order valence-corrected chi connectivity index (χ2v) is 11.4. The van der Waals surface area contributed by atoms with Gasteiger partial charge in [-0.1, -0.05) is 76.5 Å². The Bertz CT molecular complexity index is 842. The minimum atomic E-state index is -0.0522. The summed E-state index contributed by atoms with van der Waals surface area (Å²) in [5.41, 5.74) is 0.709. The zero-order valence-electron chi connectivity index (χ0n) is 19.9. The lowest BCUT2D eigenvalue weighted by Crippen LogP contribution is -2.24. The summed E-state index contributed by atoms with van der Waals surface area (Å²) in [6, 6.07) is 3.24. The number of aromatic nitrogens is 1. The molecule has 0 unspecified atom stereocenters. The van der Waals surface area contributed by atoms with Gasteiger partial charge in [-0.15, -0.1) is 23.1 Å². The number of likely N-dealkylation sites (N-methyl/N-ethyl adjacent to an activating group) is 1. The van der Waals surface area contributed by atoms with Crippen LogP contribution in [-0.4, -0.2) is 33.4 Å². The number of amides is 1. The average Bonchev–Trinajstić information content (AvgIpc) is 3.21. The number of thioether (sulfide) groups is 1. The van der Waals surface area contributed by atoms with Gasteiger partial charge in [0.1, 0.15) is 11.5 Å². The van der Waals surface area contributed by atoms with E-state index in [1.165, 1.54) is 80.9 Å². The van der Waals surface area contributed by atoms with Crippen LogP contribution < -0.4 is 5.32 Å². The van der Waals surface area contributed by atoms with Crippen LogP contribution in [0.4, 0.5) is 0 Å². The highest BCUT2D eigenvalue weighted by atomic mass is 32.2. The van der Waals surface area contributed by atoms with Crippen molar-refractivity contribution >= 4 is 40.8 Å². The minimum absolute atomic E-state index is 0.0522. The second kappa shape index (κ2) is 16.3. The number of hydrogen-bond acceptors (Lipinski definition) is 7. The molecule has 184 valence electrons. The number of thiazole rings is 1. The summed E-state index contributed by atoms with van der Waals surface area (Å²) in [5.74, 6) is 1.21. The maximum atomic E-state index is 11.7. The number of unbranched alkanes of at least 4 members (excludes halogenated alkanes) is 9. The molecule has 1 amide bonds. The second-order valence-electron chi connectivity index (χ2n) is 8.16. The van der Waals surface area contributed by atoms with E-state index in [0.717, 1.165) is 16.5 Å². The number of nitrogens with one attached hydrogen (secondary N) is 1. The van der Waals surface area contributed by atoms with E-state index < -0.39 is 0 Å². The van der Waals surface area contributed by atoms with Gasteiger partial charge in [-0.2, -0.15) is 0 Å². The molecule has 0 saturated carbocycles. The topological polar surface area (TPSA) is 82.5 Å². The van der Waals surface area contributed by atoms with Crippen molar-refractivity contribution in [1.29, 1.82) is 0 Å². The summed E-state index contributed by atoms with van der Waals surface area (Å²) in [4.78, 5) is 17.4. The summed E-state index contributed by atoms with van der Waals surface area (Å²) in [6.07, 6.45) is 13.3. The van der Waals surface area contributed by atoms with Gasteiger partial charge in [0.25, 0.3) is 0 Å². The van der Waals surface area contributed by atoms with Crippen molar-refractivity contribution in [2.24, 2.45) is 0 Å². The van der Waals surface area contributed by atoms with Gasteiger partial charge in [0.2, 0.25) is 5.91 Å². The molecule has 0 atom stereocenters. The molecule has 0 aliphatic rings. The van der Waals surface area contributed by atoms with Gasteiger partial charge in [0, 0.05) is 11.9 Å². The standard InChI is InChI=1S/C25H38N2O3S3/c1-3-5-6-7-8-9-10-11-12-13-14-31-22-16-21(29)23(17-20(22)28)33-25-27-19(18-32-25)15-24(30)26-4-2/h16-18,28-29H,3-15H2,1-2H3,(H,26,30). The number of phenols is 2. The lowest BCUT2D eigenvalue weighted by Gasteiger charge is -2.09. The Kier molecular flexibility index (Phi) is 13.7.